The largest absolute Gasteiger partial charge is 0.308 e. The number of hydrogen-bond acceptors (Lipinski definition) is 3. The van der Waals surface area contributed by atoms with E-state index in [1.54, 1.807) is 11.3 Å². The first-order valence-electron chi connectivity index (χ1n) is 5.77. The van der Waals surface area contributed by atoms with Gasteiger partial charge in [-0.25, -0.2) is 4.98 Å². The molecule has 3 nitrogen and oxygen atoms in total. The SMILES string of the molecule is CC1(C)CC(NCc2cn3ccsc3n2)C1. The summed E-state index contributed by atoms with van der Waals surface area (Å²) >= 11 is 1.69. The molecule has 1 aliphatic carbocycles. The molecule has 1 aliphatic rings. The lowest BCUT2D eigenvalue weighted by Gasteiger charge is -2.43. The molecule has 0 aliphatic heterocycles. The lowest BCUT2D eigenvalue weighted by molar-refractivity contribution is 0.125. The molecule has 1 fully saturated rings. The fourth-order valence-electron chi connectivity index (χ4n) is 2.53. The van der Waals surface area contributed by atoms with Gasteiger partial charge < -0.3 is 5.32 Å². The Morgan fingerprint density at radius 2 is 2.38 bits per heavy atom. The summed E-state index contributed by atoms with van der Waals surface area (Å²) in [6.45, 7) is 5.56. The molecule has 0 aromatic carbocycles. The second-order valence-corrected chi connectivity index (χ2v) is 6.35. The Hall–Kier alpha value is -0.870. The Morgan fingerprint density at radius 3 is 3.06 bits per heavy atom. The van der Waals surface area contributed by atoms with Crippen LogP contribution in [-0.2, 0) is 6.54 Å². The first-order chi connectivity index (χ1) is 7.62. The van der Waals surface area contributed by atoms with Crippen LogP contribution in [0.1, 0.15) is 32.4 Å². The topological polar surface area (TPSA) is 29.3 Å². The van der Waals surface area contributed by atoms with Crippen molar-refractivity contribution >= 4 is 16.3 Å². The fourth-order valence-corrected chi connectivity index (χ4v) is 3.25. The molecule has 2 aromatic heterocycles. The van der Waals surface area contributed by atoms with Gasteiger partial charge in [0.15, 0.2) is 4.96 Å². The minimum atomic E-state index is 0.548. The van der Waals surface area contributed by atoms with Crippen LogP contribution in [0.5, 0.6) is 0 Å². The summed E-state index contributed by atoms with van der Waals surface area (Å²) in [6.07, 6.45) is 6.75. The molecule has 16 heavy (non-hydrogen) atoms. The maximum Gasteiger partial charge on any atom is 0.193 e. The summed E-state index contributed by atoms with van der Waals surface area (Å²) in [5.74, 6) is 0. The van der Waals surface area contributed by atoms with Crippen molar-refractivity contribution in [2.45, 2.75) is 39.3 Å². The molecule has 0 unspecified atom stereocenters. The zero-order chi connectivity index (χ0) is 11.2. The van der Waals surface area contributed by atoms with E-state index in [1.165, 1.54) is 12.8 Å². The average molecular weight is 235 g/mol. The molecule has 86 valence electrons. The highest BCUT2D eigenvalue weighted by molar-refractivity contribution is 7.15. The third-order valence-electron chi connectivity index (χ3n) is 3.31. The van der Waals surface area contributed by atoms with E-state index in [0.29, 0.717) is 11.5 Å². The molecule has 2 aromatic rings. The third-order valence-corrected chi connectivity index (χ3v) is 4.08. The van der Waals surface area contributed by atoms with E-state index in [1.807, 2.05) is 0 Å². The van der Waals surface area contributed by atoms with E-state index in [0.717, 1.165) is 17.2 Å². The number of nitrogens with zero attached hydrogens (tertiary/aromatic N) is 2. The lowest BCUT2D eigenvalue weighted by atomic mass is 9.68. The second-order valence-electron chi connectivity index (χ2n) is 5.48. The highest BCUT2D eigenvalue weighted by Gasteiger charge is 2.35. The smallest absolute Gasteiger partial charge is 0.193 e. The zero-order valence-electron chi connectivity index (χ0n) is 9.73. The Morgan fingerprint density at radius 1 is 1.56 bits per heavy atom. The number of thiazole rings is 1. The maximum absolute atomic E-state index is 4.56. The highest BCUT2D eigenvalue weighted by Crippen LogP contribution is 2.39. The first kappa shape index (κ1) is 10.3. The number of fused-ring (bicyclic) bond motifs is 1. The zero-order valence-corrected chi connectivity index (χ0v) is 10.5. The van der Waals surface area contributed by atoms with Gasteiger partial charge in [-0.3, -0.25) is 4.40 Å². The number of imidazole rings is 1. The molecule has 1 saturated carbocycles. The minimum absolute atomic E-state index is 0.548. The van der Waals surface area contributed by atoms with Crippen molar-refractivity contribution in [2.24, 2.45) is 5.41 Å². The van der Waals surface area contributed by atoms with Crippen molar-refractivity contribution in [3.05, 3.63) is 23.5 Å². The van der Waals surface area contributed by atoms with Gasteiger partial charge in [0.05, 0.1) is 5.69 Å². The third kappa shape index (κ3) is 1.87. The molecule has 0 spiro atoms. The van der Waals surface area contributed by atoms with Gasteiger partial charge in [0.2, 0.25) is 0 Å². The van der Waals surface area contributed by atoms with E-state index in [9.17, 15) is 0 Å². The van der Waals surface area contributed by atoms with Crippen LogP contribution >= 0.6 is 11.3 Å². The van der Waals surface area contributed by atoms with Crippen LogP contribution in [0.25, 0.3) is 4.96 Å². The number of nitrogens with one attached hydrogen (secondary N) is 1. The van der Waals surface area contributed by atoms with Crippen molar-refractivity contribution in [3.8, 4) is 0 Å². The fraction of sp³-hybridized carbons (Fsp3) is 0.583. The quantitative estimate of drug-likeness (QED) is 0.886. The predicted octanol–water partition coefficient (Wildman–Crippen LogP) is 2.67. The van der Waals surface area contributed by atoms with Crippen molar-refractivity contribution < 1.29 is 0 Å². The van der Waals surface area contributed by atoms with Gasteiger partial charge in [-0.2, -0.15) is 0 Å². The molecule has 1 N–H and O–H groups in total. The minimum Gasteiger partial charge on any atom is -0.308 e. The van der Waals surface area contributed by atoms with Gasteiger partial charge in [-0.05, 0) is 18.3 Å². The molecular weight excluding hydrogens is 218 g/mol. The molecule has 3 rings (SSSR count). The summed E-state index contributed by atoms with van der Waals surface area (Å²) in [6, 6.07) is 0.690. The molecule has 0 amide bonds. The average Bonchev–Trinajstić information content (AvgIpc) is 2.69. The van der Waals surface area contributed by atoms with Crippen LogP contribution < -0.4 is 5.32 Å². The summed E-state index contributed by atoms with van der Waals surface area (Å²) in [4.78, 5) is 5.65. The summed E-state index contributed by atoms with van der Waals surface area (Å²) in [5.41, 5.74) is 1.70. The van der Waals surface area contributed by atoms with E-state index >= 15 is 0 Å². The molecule has 0 radical (unpaired) electrons. The van der Waals surface area contributed by atoms with E-state index in [4.69, 9.17) is 0 Å². The highest BCUT2D eigenvalue weighted by atomic mass is 32.1. The van der Waals surface area contributed by atoms with Crippen LogP contribution in [0, 0.1) is 5.41 Å². The molecule has 0 bridgehead atoms. The molecule has 0 atom stereocenters. The lowest BCUT2D eigenvalue weighted by Crippen LogP contribution is -2.45. The Bertz CT molecular complexity index is 461. The molecule has 4 heteroatoms. The molecular formula is C12H17N3S. The van der Waals surface area contributed by atoms with Crippen molar-refractivity contribution in [1.29, 1.82) is 0 Å². The Balaban J connectivity index is 1.58. The first-order valence-corrected chi connectivity index (χ1v) is 6.65. The summed E-state index contributed by atoms with van der Waals surface area (Å²) in [7, 11) is 0. The number of hydrogen-bond donors (Lipinski definition) is 1. The normalized spacial score (nSPS) is 20.1. The van der Waals surface area contributed by atoms with Crippen LogP contribution in [0.3, 0.4) is 0 Å². The second kappa shape index (κ2) is 3.57. The molecule has 2 heterocycles. The van der Waals surface area contributed by atoms with Crippen molar-refractivity contribution in [2.75, 3.05) is 0 Å². The van der Waals surface area contributed by atoms with Crippen molar-refractivity contribution in [1.82, 2.24) is 14.7 Å². The monoisotopic (exact) mass is 235 g/mol. The molecule has 0 saturated heterocycles. The Labute approximate surface area is 99.5 Å². The maximum atomic E-state index is 4.56. The van der Waals surface area contributed by atoms with Crippen LogP contribution in [0.15, 0.2) is 17.8 Å². The van der Waals surface area contributed by atoms with Crippen LogP contribution in [0.2, 0.25) is 0 Å². The van der Waals surface area contributed by atoms with E-state index in [2.05, 4.69) is 46.3 Å². The standard InChI is InChI=1S/C12H17N3S/c1-12(2)5-9(6-12)13-7-10-8-15-3-4-16-11(15)14-10/h3-4,8-9,13H,5-7H2,1-2H3. The van der Waals surface area contributed by atoms with Gasteiger partial charge >= 0.3 is 0 Å². The van der Waals surface area contributed by atoms with Gasteiger partial charge in [0, 0.05) is 30.4 Å². The van der Waals surface area contributed by atoms with Gasteiger partial charge in [0.25, 0.3) is 0 Å². The number of aromatic nitrogens is 2. The van der Waals surface area contributed by atoms with Crippen LogP contribution in [-0.4, -0.2) is 15.4 Å². The Kier molecular flexibility index (Phi) is 2.30. The summed E-state index contributed by atoms with van der Waals surface area (Å²) < 4.78 is 2.09. The van der Waals surface area contributed by atoms with Gasteiger partial charge in [-0.15, -0.1) is 11.3 Å². The van der Waals surface area contributed by atoms with Crippen molar-refractivity contribution in [3.63, 3.8) is 0 Å². The number of rotatable bonds is 3. The van der Waals surface area contributed by atoms with Crippen LogP contribution in [0.4, 0.5) is 0 Å². The predicted molar refractivity (Wildman–Crippen MR) is 66.7 cm³/mol. The summed E-state index contributed by atoms with van der Waals surface area (Å²) in [5, 5.41) is 5.63. The van der Waals surface area contributed by atoms with Gasteiger partial charge in [0.1, 0.15) is 0 Å². The van der Waals surface area contributed by atoms with Gasteiger partial charge in [-0.1, -0.05) is 13.8 Å². The van der Waals surface area contributed by atoms with E-state index in [-0.39, 0.29) is 0 Å². The van der Waals surface area contributed by atoms with E-state index < -0.39 is 0 Å².